The lowest BCUT2D eigenvalue weighted by Gasteiger charge is -2.12. The van der Waals surface area contributed by atoms with E-state index in [-0.39, 0.29) is 17.7 Å². The van der Waals surface area contributed by atoms with Gasteiger partial charge in [0, 0.05) is 24.7 Å². The Hall–Kier alpha value is -1.77. The van der Waals surface area contributed by atoms with Crippen molar-refractivity contribution in [1.29, 1.82) is 0 Å². The van der Waals surface area contributed by atoms with Crippen molar-refractivity contribution in [2.75, 3.05) is 19.5 Å². The zero-order valence-electron chi connectivity index (χ0n) is 15.2. The number of imide groups is 1. The summed E-state index contributed by atoms with van der Waals surface area (Å²) in [6.45, 7) is 1.14. The van der Waals surface area contributed by atoms with Crippen LogP contribution >= 0.6 is 23.4 Å². The smallest absolute Gasteiger partial charge is 0.321 e. The van der Waals surface area contributed by atoms with E-state index in [0.29, 0.717) is 23.3 Å². The Balaban J connectivity index is 1.61. The van der Waals surface area contributed by atoms with Gasteiger partial charge in [0.25, 0.3) is 0 Å². The quantitative estimate of drug-likeness (QED) is 0.684. The summed E-state index contributed by atoms with van der Waals surface area (Å²) in [4.78, 5) is 28.6. The molecule has 3 amide bonds. The van der Waals surface area contributed by atoms with E-state index < -0.39 is 6.03 Å². The van der Waals surface area contributed by atoms with Crippen LogP contribution < -0.4 is 10.6 Å². The van der Waals surface area contributed by atoms with Crippen LogP contribution in [-0.4, -0.2) is 47.0 Å². The van der Waals surface area contributed by atoms with Gasteiger partial charge in [-0.2, -0.15) is 0 Å². The molecule has 27 heavy (non-hydrogen) atoms. The van der Waals surface area contributed by atoms with E-state index in [1.807, 2.05) is 16.7 Å². The van der Waals surface area contributed by atoms with Gasteiger partial charge in [-0.05, 0) is 31.0 Å². The number of amides is 3. The summed E-state index contributed by atoms with van der Waals surface area (Å²) in [5, 5.41) is 6.53. The molecule has 0 bridgehead atoms. The lowest BCUT2D eigenvalue weighted by Crippen LogP contribution is -2.44. The Bertz CT molecular complexity index is 820. The van der Waals surface area contributed by atoms with Crippen LogP contribution in [0.25, 0.3) is 11.0 Å². The largest absolute Gasteiger partial charge is 0.383 e. The van der Waals surface area contributed by atoms with Gasteiger partial charge in [0.2, 0.25) is 5.91 Å². The average molecular weight is 411 g/mol. The number of thioether (sulfide) groups is 1. The number of fused-ring (bicyclic) bond motifs is 1. The van der Waals surface area contributed by atoms with Crippen molar-refractivity contribution in [3.05, 3.63) is 23.2 Å². The van der Waals surface area contributed by atoms with E-state index >= 15 is 0 Å². The fourth-order valence-electron chi connectivity index (χ4n) is 3.17. The Morgan fingerprint density at radius 2 is 2.15 bits per heavy atom. The van der Waals surface area contributed by atoms with Crippen LogP contribution in [0.4, 0.5) is 4.79 Å². The number of nitrogens with one attached hydrogen (secondary N) is 2. The molecule has 3 rings (SSSR count). The number of methoxy groups -OCH3 is 1. The third-order valence-electron chi connectivity index (χ3n) is 4.47. The molecule has 0 atom stereocenters. The summed E-state index contributed by atoms with van der Waals surface area (Å²) >= 11 is 7.33. The first-order valence-corrected chi connectivity index (χ1v) is 10.3. The molecular weight excluding hydrogens is 388 g/mol. The molecule has 0 saturated heterocycles. The molecule has 0 unspecified atom stereocenters. The topological polar surface area (TPSA) is 85.2 Å². The minimum atomic E-state index is -0.424. The third kappa shape index (κ3) is 5.37. The minimum Gasteiger partial charge on any atom is -0.383 e. The van der Waals surface area contributed by atoms with Gasteiger partial charge in [-0.1, -0.05) is 36.2 Å². The molecule has 2 N–H and O–H groups in total. The second-order valence-electron chi connectivity index (χ2n) is 6.46. The van der Waals surface area contributed by atoms with Gasteiger partial charge in [0.05, 0.1) is 23.4 Å². The van der Waals surface area contributed by atoms with Crippen molar-refractivity contribution in [3.63, 3.8) is 0 Å². The predicted molar refractivity (Wildman–Crippen MR) is 106 cm³/mol. The van der Waals surface area contributed by atoms with Gasteiger partial charge in [0.15, 0.2) is 5.16 Å². The Labute approximate surface area is 167 Å². The van der Waals surface area contributed by atoms with Gasteiger partial charge in [-0.25, -0.2) is 9.78 Å². The first-order valence-electron chi connectivity index (χ1n) is 8.94. The molecule has 1 aromatic heterocycles. The molecule has 0 spiro atoms. The monoisotopic (exact) mass is 410 g/mol. The highest BCUT2D eigenvalue weighted by Crippen LogP contribution is 2.26. The lowest BCUT2D eigenvalue weighted by atomic mass is 10.2. The van der Waals surface area contributed by atoms with Crippen LogP contribution in [0.3, 0.4) is 0 Å². The molecule has 1 aromatic carbocycles. The maximum absolute atomic E-state index is 12.1. The number of ether oxygens (including phenoxy) is 1. The number of carbonyl (C=O) groups is 2. The van der Waals surface area contributed by atoms with Crippen molar-refractivity contribution >= 4 is 46.3 Å². The number of rotatable bonds is 7. The van der Waals surface area contributed by atoms with Crippen LogP contribution in [0, 0.1) is 0 Å². The molecule has 1 saturated carbocycles. The van der Waals surface area contributed by atoms with Crippen molar-refractivity contribution < 1.29 is 14.3 Å². The third-order valence-corrected chi connectivity index (χ3v) is 5.68. The zero-order valence-corrected chi connectivity index (χ0v) is 16.7. The number of carbonyl (C=O) groups excluding carboxylic acids is 2. The second kappa shape index (κ2) is 9.43. The van der Waals surface area contributed by atoms with Gasteiger partial charge < -0.3 is 14.6 Å². The highest BCUT2D eigenvalue weighted by molar-refractivity contribution is 7.99. The summed E-state index contributed by atoms with van der Waals surface area (Å²) in [6.07, 6.45) is 4.19. The highest BCUT2D eigenvalue weighted by atomic mass is 35.5. The second-order valence-corrected chi connectivity index (χ2v) is 7.84. The van der Waals surface area contributed by atoms with Crippen LogP contribution in [0.5, 0.6) is 0 Å². The lowest BCUT2D eigenvalue weighted by molar-refractivity contribution is -0.117. The van der Waals surface area contributed by atoms with Crippen LogP contribution in [0.2, 0.25) is 5.02 Å². The summed E-state index contributed by atoms with van der Waals surface area (Å²) in [7, 11) is 1.64. The minimum absolute atomic E-state index is 0.0993. The number of benzene rings is 1. The van der Waals surface area contributed by atoms with Gasteiger partial charge in [0.1, 0.15) is 0 Å². The normalized spacial score (nSPS) is 14.6. The first kappa shape index (κ1) is 20.0. The maximum Gasteiger partial charge on any atom is 0.321 e. The molecule has 0 radical (unpaired) electrons. The molecule has 9 heteroatoms. The number of halogens is 1. The number of nitrogens with zero attached hydrogens (tertiary/aromatic N) is 2. The number of aromatic nitrogens is 2. The SMILES string of the molecule is COCCn1c(SCC(=O)NC(=O)NC2CCCC2)nc2cc(Cl)ccc21. The Morgan fingerprint density at radius 3 is 2.89 bits per heavy atom. The van der Waals surface area contributed by atoms with E-state index in [0.717, 1.165) is 36.7 Å². The van der Waals surface area contributed by atoms with Crippen molar-refractivity contribution in [2.24, 2.45) is 0 Å². The van der Waals surface area contributed by atoms with Gasteiger partial charge in [-0.3, -0.25) is 10.1 Å². The van der Waals surface area contributed by atoms with Crippen LogP contribution in [0.1, 0.15) is 25.7 Å². The number of hydrogen-bond acceptors (Lipinski definition) is 5. The fraction of sp³-hybridized carbons (Fsp3) is 0.500. The molecule has 1 aliphatic rings. The summed E-state index contributed by atoms with van der Waals surface area (Å²) < 4.78 is 7.16. The number of hydrogen-bond donors (Lipinski definition) is 2. The molecular formula is C18H23ClN4O3S. The summed E-state index contributed by atoms with van der Waals surface area (Å²) in [5.41, 5.74) is 1.69. The number of imidazole rings is 1. The van der Waals surface area contributed by atoms with E-state index in [2.05, 4.69) is 15.6 Å². The Kier molecular flexibility index (Phi) is 6.98. The molecule has 146 valence electrons. The highest BCUT2D eigenvalue weighted by Gasteiger charge is 2.19. The number of urea groups is 1. The van der Waals surface area contributed by atoms with Crippen molar-refractivity contribution in [2.45, 2.75) is 43.4 Å². The first-order chi connectivity index (χ1) is 13.1. The molecule has 1 fully saturated rings. The van der Waals surface area contributed by atoms with Gasteiger partial charge in [-0.15, -0.1) is 0 Å². The molecule has 7 nitrogen and oxygen atoms in total. The standard InChI is InChI=1S/C18H23ClN4O3S/c1-26-9-8-23-15-7-6-12(19)10-14(15)21-18(23)27-11-16(24)22-17(25)20-13-4-2-3-5-13/h6-7,10,13H,2-5,8-9,11H2,1H3,(H2,20,22,24,25). The maximum atomic E-state index is 12.1. The van der Waals surface area contributed by atoms with E-state index in [1.54, 1.807) is 13.2 Å². The molecule has 2 aromatic rings. The summed E-state index contributed by atoms with van der Waals surface area (Å²) in [6, 6.07) is 5.25. The van der Waals surface area contributed by atoms with E-state index in [9.17, 15) is 9.59 Å². The van der Waals surface area contributed by atoms with Gasteiger partial charge >= 0.3 is 6.03 Å². The van der Waals surface area contributed by atoms with Crippen molar-refractivity contribution in [3.8, 4) is 0 Å². The summed E-state index contributed by atoms with van der Waals surface area (Å²) in [5.74, 6) is -0.249. The van der Waals surface area contributed by atoms with Crippen LogP contribution in [0.15, 0.2) is 23.4 Å². The van der Waals surface area contributed by atoms with Crippen LogP contribution in [-0.2, 0) is 16.1 Å². The molecule has 0 aliphatic heterocycles. The molecule has 1 heterocycles. The molecule has 1 aliphatic carbocycles. The van der Waals surface area contributed by atoms with E-state index in [1.165, 1.54) is 11.8 Å². The van der Waals surface area contributed by atoms with E-state index in [4.69, 9.17) is 16.3 Å². The Morgan fingerprint density at radius 1 is 1.37 bits per heavy atom. The van der Waals surface area contributed by atoms with Crippen molar-refractivity contribution in [1.82, 2.24) is 20.2 Å². The average Bonchev–Trinajstić information content (AvgIpc) is 3.25. The fourth-order valence-corrected chi connectivity index (χ4v) is 4.18. The predicted octanol–water partition coefficient (Wildman–Crippen LogP) is 3.20. The zero-order chi connectivity index (χ0) is 19.2.